The van der Waals surface area contributed by atoms with Crippen molar-refractivity contribution in [2.45, 2.75) is 26.8 Å². The van der Waals surface area contributed by atoms with Crippen LogP contribution < -0.4 is 10.6 Å². The fourth-order valence-corrected chi connectivity index (χ4v) is 3.57. The van der Waals surface area contributed by atoms with E-state index in [4.69, 9.17) is 0 Å². The molecule has 1 fully saturated rings. The Bertz CT molecular complexity index is 921. The zero-order chi connectivity index (χ0) is 21.7. The number of urea groups is 1. The summed E-state index contributed by atoms with van der Waals surface area (Å²) >= 11 is 0. The molecule has 4 amide bonds. The van der Waals surface area contributed by atoms with Crippen LogP contribution in [0, 0.1) is 13.8 Å². The Labute approximate surface area is 177 Å². The van der Waals surface area contributed by atoms with Crippen molar-refractivity contribution in [2.75, 3.05) is 31.5 Å². The maximum Gasteiger partial charge on any atom is 0.325 e. The number of carbonyl (C=O) groups excluding carboxylic acids is 3. The number of piperazine rings is 1. The Morgan fingerprint density at radius 3 is 2.23 bits per heavy atom. The van der Waals surface area contributed by atoms with Gasteiger partial charge in [-0.2, -0.15) is 0 Å². The molecule has 1 heterocycles. The van der Waals surface area contributed by atoms with E-state index in [-0.39, 0.29) is 11.8 Å². The zero-order valence-electron chi connectivity index (χ0n) is 17.6. The fourth-order valence-electron chi connectivity index (χ4n) is 3.57. The standard InChI is InChI=1S/C23H28N4O3/c1-16-9-10-20(17(2)15-16)24-23(30)25-21(28)18(3)26-11-13-27(14-12-26)22(29)19-7-5-4-6-8-19/h4-10,15,18H,11-14H2,1-3H3,(H2,24,25,28,30). The molecule has 2 N–H and O–H groups in total. The lowest BCUT2D eigenvalue weighted by molar-refractivity contribution is -0.125. The van der Waals surface area contributed by atoms with Gasteiger partial charge in [-0.3, -0.25) is 19.8 Å². The summed E-state index contributed by atoms with van der Waals surface area (Å²) in [4.78, 5) is 41.1. The average molecular weight is 409 g/mol. The minimum atomic E-state index is -0.545. The summed E-state index contributed by atoms with van der Waals surface area (Å²) in [6.45, 7) is 7.89. The van der Waals surface area contributed by atoms with E-state index in [1.807, 2.05) is 55.1 Å². The predicted octanol–water partition coefficient (Wildman–Crippen LogP) is 2.80. The van der Waals surface area contributed by atoms with Gasteiger partial charge in [0.1, 0.15) is 0 Å². The van der Waals surface area contributed by atoms with Crippen molar-refractivity contribution >= 4 is 23.5 Å². The lowest BCUT2D eigenvalue weighted by Gasteiger charge is -2.37. The van der Waals surface area contributed by atoms with Crippen molar-refractivity contribution < 1.29 is 14.4 Å². The van der Waals surface area contributed by atoms with E-state index in [1.54, 1.807) is 24.0 Å². The molecule has 1 aliphatic rings. The Hall–Kier alpha value is -3.19. The second kappa shape index (κ2) is 9.54. The molecule has 1 unspecified atom stereocenters. The molecule has 0 bridgehead atoms. The van der Waals surface area contributed by atoms with Gasteiger partial charge in [-0.1, -0.05) is 35.9 Å². The van der Waals surface area contributed by atoms with Gasteiger partial charge in [-0.05, 0) is 44.5 Å². The molecule has 2 aromatic carbocycles. The number of aryl methyl sites for hydroxylation is 2. The van der Waals surface area contributed by atoms with Crippen LogP contribution in [-0.2, 0) is 4.79 Å². The molecule has 7 nitrogen and oxygen atoms in total. The molecule has 0 aliphatic carbocycles. The predicted molar refractivity (Wildman–Crippen MR) is 116 cm³/mol. The van der Waals surface area contributed by atoms with Gasteiger partial charge in [0.15, 0.2) is 0 Å². The molecule has 1 atom stereocenters. The van der Waals surface area contributed by atoms with E-state index < -0.39 is 12.1 Å². The molecule has 0 radical (unpaired) electrons. The summed E-state index contributed by atoms with van der Waals surface area (Å²) in [6, 6.07) is 13.9. The number of anilines is 1. The van der Waals surface area contributed by atoms with Crippen LogP contribution >= 0.6 is 0 Å². The number of hydrogen-bond donors (Lipinski definition) is 2. The first-order chi connectivity index (χ1) is 14.3. The summed E-state index contributed by atoms with van der Waals surface area (Å²) in [5.41, 5.74) is 3.38. The van der Waals surface area contributed by atoms with Crippen LogP contribution in [0.2, 0.25) is 0 Å². The second-order valence-electron chi connectivity index (χ2n) is 7.63. The summed E-state index contributed by atoms with van der Waals surface area (Å²) in [7, 11) is 0. The van der Waals surface area contributed by atoms with Crippen LogP contribution in [0.25, 0.3) is 0 Å². The highest BCUT2D eigenvalue weighted by molar-refractivity contribution is 6.03. The molecular formula is C23H28N4O3. The Morgan fingerprint density at radius 2 is 1.60 bits per heavy atom. The number of carbonyl (C=O) groups is 3. The number of imide groups is 1. The molecule has 0 spiro atoms. The number of nitrogens with zero attached hydrogens (tertiary/aromatic N) is 2. The van der Waals surface area contributed by atoms with Gasteiger partial charge in [-0.25, -0.2) is 4.79 Å². The Balaban J connectivity index is 1.49. The molecule has 1 aliphatic heterocycles. The van der Waals surface area contributed by atoms with Crippen LogP contribution in [-0.4, -0.2) is 59.9 Å². The van der Waals surface area contributed by atoms with Gasteiger partial charge in [0.2, 0.25) is 5.91 Å². The van der Waals surface area contributed by atoms with Gasteiger partial charge < -0.3 is 10.2 Å². The molecule has 158 valence electrons. The van der Waals surface area contributed by atoms with E-state index in [2.05, 4.69) is 10.6 Å². The Kier molecular flexibility index (Phi) is 6.84. The molecule has 0 aromatic heterocycles. The highest BCUT2D eigenvalue weighted by atomic mass is 16.2. The monoisotopic (exact) mass is 408 g/mol. The van der Waals surface area contributed by atoms with Gasteiger partial charge in [0.25, 0.3) is 5.91 Å². The average Bonchev–Trinajstić information content (AvgIpc) is 2.75. The van der Waals surface area contributed by atoms with Gasteiger partial charge in [0.05, 0.1) is 6.04 Å². The lowest BCUT2D eigenvalue weighted by atomic mass is 10.1. The van der Waals surface area contributed by atoms with Gasteiger partial charge in [-0.15, -0.1) is 0 Å². The molecule has 0 saturated carbocycles. The van der Waals surface area contributed by atoms with Crippen LogP contribution in [0.4, 0.5) is 10.5 Å². The normalized spacial score (nSPS) is 15.4. The van der Waals surface area contributed by atoms with E-state index in [1.165, 1.54) is 0 Å². The highest BCUT2D eigenvalue weighted by Gasteiger charge is 2.28. The minimum Gasteiger partial charge on any atom is -0.336 e. The largest absolute Gasteiger partial charge is 0.336 e. The topological polar surface area (TPSA) is 81.8 Å². The van der Waals surface area contributed by atoms with E-state index >= 15 is 0 Å². The maximum atomic E-state index is 12.6. The molecular weight excluding hydrogens is 380 g/mol. The van der Waals surface area contributed by atoms with E-state index in [0.29, 0.717) is 37.4 Å². The first kappa shape index (κ1) is 21.5. The molecule has 2 aromatic rings. The summed E-state index contributed by atoms with van der Waals surface area (Å²) in [5.74, 6) is -0.361. The lowest BCUT2D eigenvalue weighted by Crippen LogP contribution is -2.55. The molecule has 1 saturated heterocycles. The highest BCUT2D eigenvalue weighted by Crippen LogP contribution is 2.16. The van der Waals surface area contributed by atoms with E-state index in [0.717, 1.165) is 11.1 Å². The second-order valence-corrected chi connectivity index (χ2v) is 7.63. The molecule has 30 heavy (non-hydrogen) atoms. The minimum absolute atomic E-state index is 0.000185. The van der Waals surface area contributed by atoms with Crippen molar-refractivity contribution in [1.29, 1.82) is 0 Å². The third kappa shape index (κ3) is 5.24. The number of rotatable bonds is 4. The van der Waals surface area contributed by atoms with Crippen LogP contribution in [0.15, 0.2) is 48.5 Å². The first-order valence-electron chi connectivity index (χ1n) is 10.1. The van der Waals surface area contributed by atoms with Gasteiger partial charge >= 0.3 is 6.03 Å². The van der Waals surface area contributed by atoms with Gasteiger partial charge in [0, 0.05) is 37.4 Å². The van der Waals surface area contributed by atoms with Crippen molar-refractivity contribution in [1.82, 2.24) is 15.1 Å². The SMILES string of the molecule is Cc1ccc(NC(=O)NC(=O)C(C)N2CCN(C(=O)c3ccccc3)CC2)c(C)c1. The molecule has 3 rings (SSSR count). The Morgan fingerprint density at radius 1 is 0.933 bits per heavy atom. The van der Waals surface area contributed by atoms with Crippen molar-refractivity contribution in [3.63, 3.8) is 0 Å². The summed E-state index contributed by atoms with van der Waals surface area (Å²) in [6.07, 6.45) is 0. The number of nitrogens with one attached hydrogen (secondary N) is 2. The third-order valence-electron chi connectivity index (χ3n) is 5.42. The zero-order valence-corrected chi connectivity index (χ0v) is 17.6. The van der Waals surface area contributed by atoms with Crippen molar-refractivity contribution in [3.8, 4) is 0 Å². The molecule has 7 heteroatoms. The number of hydrogen-bond acceptors (Lipinski definition) is 4. The number of benzene rings is 2. The third-order valence-corrected chi connectivity index (χ3v) is 5.42. The fraction of sp³-hybridized carbons (Fsp3) is 0.348. The van der Waals surface area contributed by atoms with E-state index in [9.17, 15) is 14.4 Å². The van der Waals surface area contributed by atoms with Crippen molar-refractivity contribution in [3.05, 3.63) is 65.2 Å². The summed E-state index contributed by atoms with van der Waals surface area (Å²) in [5, 5.41) is 5.14. The maximum absolute atomic E-state index is 12.6. The van der Waals surface area contributed by atoms with Crippen LogP contribution in [0.5, 0.6) is 0 Å². The first-order valence-corrected chi connectivity index (χ1v) is 10.1. The quantitative estimate of drug-likeness (QED) is 0.815. The van der Waals surface area contributed by atoms with Crippen LogP contribution in [0.3, 0.4) is 0 Å². The van der Waals surface area contributed by atoms with Crippen LogP contribution in [0.1, 0.15) is 28.4 Å². The summed E-state index contributed by atoms with van der Waals surface area (Å²) < 4.78 is 0. The number of amides is 4. The van der Waals surface area contributed by atoms with Crippen molar-refractivity contribution in [2.24, 2.45) is 0 Å². The smallest absolute Gasteiger partial charge is 0.325 e.